The number of amides is 1. The monoisotopic (exact) mass is 546 g/mol. The van der Waals surface area contributed by atoms with Crippen LogP contribution in [0.2, 0.25) is 0 Å². The minimum atomic E-state index is -0.892. The summed E-state index contributed by atoms with van der Waals surface area (Å²) >= 11 is 0. The van der Waals surface area contributed by atoms with Gasteiger partial charge in [-0.1, -0.05) is 66.7 Å². The van der Waals surface area contributed by atoms with Crippen molar-refractivity contribution in [3.63, 3.8) is 0 Å². The van der Waals surface area contributed by atoms with Crippen LogP contribution in [0.15, 0.2) is 78.9 Å². The Morgan fingerprint density at radius 1 is 0.975 bits per heavy atom. The molecule has 1 aliphatic heterocycles. The predicted octanol–water partition coefficient (Wildman–Crippen LogP) is 5.31. The molecule has 0 spiro atoms. The maximum Gasteiger partial charge on any atom is 0.303 e. The van der Waals surface area contributed by atoms with Crippen LogP contribution in [-0.2, 0) is 30.4 Å². The number of benzene rings is 3. The molecule has 212 valence electrons. The summed E-state index contributed by atoms with van der Waals surface area (Å²) in [6, 6.07) is 25.7. The molecule has 5 atom stereocenters. The Bertz CT molecular complexity index is 1250. The number of carbonyl (C=O) groups excluding carboxylic acids is 2. The molecule has 1 heterocycles. The van der Waals surface area contributed by atoms with E-state index in [1.54, 1.807) is 12.1 Å². The van der Waals surface area contributed by atoms with Gasteiger partial charge in [0.2, 0.25) is 0 Å². The van der Waals surface area contributed by atoms with E-state index in [0.29, 0.717) is 18.7 Å². The van der Waals surface area contributed by atoms with E-state index >= 15 is 0 Å². The van der Waals surface area contributed by atoms with Crippen molar-refractivity contribution in [3.8, 4) is 0 Å². The Labute approximate surface area is 235 Å². The highest BCUT2D eigenvalue weighted by Crippen LogP contribution is 2.39. The fourth-order valence-electron chi connectivity index (χ4n) is 4.77. The van der Waals surface area contributed by atoms with E-state index < -0.39 is 24.3 Å². The van der Waals surface area contributed by atoms with Gasteiger partial charge in [-0.05, 0) is 49.7 Å². The number of hydrogen-bond donors (Lipinski definition) is 2. The molecule has 1 fully saturated rings. The number of nitrogens with zero attached hydrogens (tertiary/aromatic N) is 1. The zero-order valence-corrected chi connectivity index (χ0v) is 23.4. The third-order valence-electron chi connectivity index (χ3n) is 7.21. The lowest BCUT2D eigenvalue weighted by Crippen LogP contribution is -2.38. The van der Waals surface area contributed by atoms with Gasteiger partial charge in [-0.3, -0.25) is 14.5 Å². The first kappa shape index (κ1) is 29.4. The van der Waals surface area contributed by atoms with Gasteiger partial charge in [0.1, 0.15) is 0 Å². The van der Waals surface area contributed by atoms with Gasteiger partial charge in [0.15, 0.2) is 12.4 Å². The molecule has 0 bridgehead atoms. The van der Waals surface area contributed by atoms with E-state index in [9.17, 15) is 14.7 Å². The summed E-state index contributed by atoms with van der Waals surface area (Å²) in [5, 5.41) is 12.2. The maximum atomic E-state index is 12.3. The predicted molar refractivity (Wildman–Crippen MR) is 152 cm³/mol. The van der Waals surface area contributed by atoms with Crippen LogP contribution in [-0.4, -0.2) is 47.7 Å². The van der Waals surface area contributed by atoms with Gasteiger partial charge in [-0.15, -0.1) is 0 Å². The fraction of sp³-hybridized carbons (Fsp3) is 0.375. The molecule has 1 aliphatic rings. The number of aliphatic hydroxyl groups is 1. The number of ether oxygens (including phenoxy) is 3. The molecule has 8 heteroatoms. The molecular weight excluding hydrogens is 508 g/mol. The van der Waals surface area contributed by atoms with Crippen molar-refractivity contribution in [3.05, 3.63) is 101 Å². The zero-order valence-electron chi connectivity index (χ0n) is 23.4. The van der Waals surface area contributed by atoms with Crippen LogP contribution >= 0.6 is 0 Å². The molecule has 0 aromatic heterocycles. The number of carbonyl (C=O) groups is 2. The van der Waals surface area contributed by atoms with Crippen LogP contribution in [0.5, 0.6) is 0 Å². The van der Waals surface area contributed by atoms with Crippen LogP contribution in [0.1, 0.15) is 67.9 Å². The molecule has 0 unspecified atom stereocenters. The normalized spacial score (nSPS) is 20.5. The van der Waals surface area contributed by atoms with Gasteiger partial charge in [0.05, 0.1) is 18.8 Å². The lowest BCUT2D eigenvalue weighted by molar-refractivity contribution is -0.253. The van der Waals surface area contributed by atoms with Crippen molar-refractivity contribution in [2.75, 3.05) is 18.9 Å². The second-order valence-electron chi connectivity index (χ2n) is 10.2. The number of rotatable bonds is 10. The lowest BCUT2D eigenvalue weighted by atomic mass is 9.99. The van der Waals surface area contributed by atoms with Gasteiger partial charge in [-0.25, -0.2) is 0 Å². The lowest BCUT2D eigenvalue weighted by Gasteiger charge is -2.39. The molecule has 3 aromatic carbocycles. The summed E-state index contributed by atoms with van der Waals surface area (Å²) in [6.07, 6.45) is -1.10. The Morgan fingerprint density at radius 2 is 1.62 bits per heavy atom. The first-order valence-electron chi connectivity index (χ1n) is 13.6. The molecule has 1 saturated heterocycles. The van der Waals surface area contributed by atoms with E-state index in [0.717, 1.165) is 16.7 Å². The third kappa shape index (κ3) is 7.76. The van der Waals surface area contributed by atoms with E-state index in [-0.39, 0.29) is 24.9 Å². The molecule has 40 heavy (non-hydrogen) atoms. The maximum absolute atomic E-state index is 12.3. The fourth-order valence-corrected chi connectivity index (χ4v) is 4.77. The summed E-state index contributed by atoms with van der Waals surface area (Å²) in [5.41, 5.74) is 4.52. The first-order valence-corrected chi connectivity index (χ1v) is 13.6. The molecule has 0 saturated carbocycles. The molecule has 0 radical (unpaired) electrons. The number of aliphatic hydroxyl groups excluding tert-OH is 1. The van der Waals surface area contributed by atoms with Crippen molar-refractivity contribution in [1.29, 1.82) is 0 Å². The minimum absolute atomic E-state index is 0.00905. The average molecular weight is 547 g/mol. The molecule has 3 aromatic rings. The molecule has 2 N–H and O–H groups in total. The van der Waals surface area contributed by atoms with E-state index in [1.165, 1.54) is 19.4 Å². The largest absolute Gasteiger partial charge is 0.453 e. The summed E-state index contributed by atoms with van der Waals surface area (Å²) < 4.78 is 17.9. The quantitative estimate of drug-likeness (QED) is 0.333. The number of hydrogen-bond acceptors (Lipinski definition) is 7. The van der Waals surface area contributed by atoms with Crippen molar-refractivity contribution < 1.29 is 28.9 Å². The standard InChI is InChI=1S/C32H38N2O6/c1-21(25-8-6-5-7-9-25)34(4)19-29-18-30(26-12-10-24(20-35)11-13-26)40-32(39-29)27-14-16-28(17-15-27)33-31(37)22(2)38-23(3)36/h5-17,21-22,29-30,32,35H,18-20H2,1-4H3,(H,33,37)/t21-,22-,29+,30-,32-/m0/s1. The summed E-state index contributed by atoms with van der Waals surface area (Å²) in [7, 11) is 2.10. The second kappa shape index (κ2) is 13.7. The van der Waals surface area contributed by atoms with E-state index in [2.05, 4.69) is 48.5 Å². The Morgan fingerprint density at radius 3 is 2.25 bits per heavy atom. The van der Waals surface area contributed by atoms with Crippen molar-refractivity contribution >= 4 is 17.6 Å². The van der Waals surface area contributed by atoms with Crippen LogP contribution in [0.4, 0.5) is 5.69 Å². The van der Waals surface area contributed by atoms with Crippen molar-refractivity contribution in [1.82, 2.24) is 4.90 Å². The number of esters is 1. The first-order chi connectivity index (χ1) is 19.2. The summed E-state index contributed by atoms with van der Waals surface area (Å²) in [5.74, 6) is -0.918. The molecule has 1 amide bonds. The van der Waals surface area contributed by atoms with Crippen LogP contribution in [0.25, 0.3) is 0 Å². The second-order valence-corrected chi connectivity index (χ2v) is 10.2. The number of anilines is 1. The van der Waals surface area contributed by atoms with Gasteiger partial charge < -0.3 is 24.6 Å². The molecule has 0 aliphatic carbocycles. The Kier molecular flexibility index (Phi) is 10.1. The van der Waals surface area contributed by atoms with E-state index in [4.69, 9.17) is 14.2 Å². The average Bonchev–Trinajstić information content (AvgIpc) is 2.97. The van der Waals surface area contributed by atoms with Crippen LogP contribution in [0.3, 0.4) is 0 Å². The topological polar surface area (TPSA) is 97.3 Å². The highest BCUT2D eigenvalue weighted by atomic mass is 16.7. The Hall–Kier alpha value is -3.56. The third-order valence-corrected chi connectivity index (χ3v) is 7.21. The van der Waals surface area contributed by atoms with Gasteiger partial charge in [0.25, 0.3) is 5.91 Å². The highest BCUT2D eigenvalue weighted by Gasteiger charge is 2.33. The molecule has 8 nitrogen and oxygen atoms in total. The van der Waals surface area contributed by atoms with E-state index in [1.807, 2.05) is 42.5 Å². The van der Waals surface area contributed by atoms with Crippen LogP contribution < -0.4 is 5.32 Å². The number of nitrogens with one attached hydrogen (secondary N) is 1. The van der Waals surface area contributed by atoms with Gasteiger partial charge in [0, 0.05) is 37.2 Å². The number of likely N-dealkylation sites (N-methyl/N-ethyl adjacent to an activating group) is 1. The van der Waals surface area contributed by atoms with Crippen molar-refractivity contribution in [2.24, 2.45) is 0 Å². The molecule has 4 rings (SSSR count). The minimum Gasteiger partial charge on any atom is -0.453 e. The Balaban J connectivity index is 1.50. The summed E-state index contributed by atoms with van der Waals surface area (Å²) in [6.45, 7) is 5.68. The SMILES string of the molecule is CC(=O)O[C@@H](C)C(=O)Nc1ccc([C@H]2O[C@@H](CN(C)[C@@H](C)c3ccccc3)C[C@@H](c3ccc(CO)cc3)O2)cc1. The van der Waals surface area contributed by atoms with Crippen LogP contribution in [0, 0.1) is 0 Å². The van der Waals surface area contributed by atoms with Gasteiger partial charge in [-0.2, -0.15) is 0 Å². The summed E-state index contributed by atoms with van der Waals surface area (Å²) in [4.78, 5) is 25.8. The van der Waals surface area contributed by atoms with Gasteiger partial charge >= 0.3 is 5.97 Å². The molecular formula is C32H38N2O6. The smallest absolute Gasteiger partial charge is 0.303 e. The van der Waals surface area contributed by atoms with Crippen molar-refractivity contribution in [2.45, 2.75) is 64.4 Å². The zero-order chi connectivity index (χ0) is 28.6. The highest BCUT2D eigenvalue weighted by molar-refractivity contribution is 5.94.